The van der Waals surface area contributed by atoms with Gasteiger partial charge in [-0.3, -0.25) is 9.48 Å². The molecule has 1 aliphatic rings. The van der Waals surface area contributed by atoms with Crippen LogP contribution in [0.15, 0.2) is 16.9 Å². The first kappa shape index (κ1) is 14.8. The Balaban J connectivity index is 2.25. The van der Waals surface area contributed by atoms with Crippen molar-refractivity contribution in [2.45, 2.75) is 13.1 Å². The van der Waals surface area contributed by atoms with Crippen LogP contribution in [0.1, 0.15) is 0 Å². The third-order valence-corrected chi connectivity index (χ3v) is 4.37. The minimum atomic E-state index is -0.269. The summed E-state index contributed by atoms with van der Waals surface area (Å²) in [5.74, 6) is -0.152. The van der Waals surface area contributed by atoms with E-state index in [1.165, 1.54) is 16.8 Å². The predicted octanol–water partition coefficient (Wildman–Crippen LogP) is 3.01. The molecule has 1 aliphatic heterocycles. The van der Waals surface area contributed by atoms with Crippen molar-refractivity contribution in [3.63, 3.8) is 0 Å². The van der Waals surface area contributed by atoms with E-state index in [1.54, 1.807) is 4.68 Å². The second-order valence-corrected chi connectivity index (χ2v) is 5.79. The third kappa shape index (κ3) is 2.44. The van der Waals surface area contributed by atoms with Gasteiger partial charge in [0.15, 0.2) is 0 Å². The molecule has 0 radical (unpaired) electrons. The molecular formula is C13H11Cl3N2O3. The molecule has 0 amide bonds. The van der Waals surface area contributed by atoms with Gasteiger partial charge < -0.3 is 9.84 Å². The van der Waals surface area contributed by atoms with Crippen molar-refractivity contribution in [1.82, 2.24) is 9.36 Å². The molecule has 112 valence electrons. The first-order valence-corrected chi connectivity index (χ1v) is 7.39. The lowest BCUT2D eigenvalue weighted by Crippen LogP contribution is -2.23. The molecule has 1 N–H and O–H groups in total. The Bertz CT molecular complexity index is 767. The van der Waals surface area contributed by atoms with Crippen molar-refractivity contribution < 1.29 is 9.84 Å². The van der Waals surface area contributed by atoms with E-state index in [0.29, 0.717) is 31.9 Å². The van der Waals surface area contributed by atoms with Crippen LogP contribution in [0.25, 0.3) is 11.1 Å². The molecule has 3 rings (SSSR count). The SMILES string of the molecule is O=c1c(-c2cc(O)c(Cl)cc2Cl)c(Cl)n2n1CCOCC2. The van der Waals surface area contributed by atoms with Crippen LogP contribution in [0.3, 0.4) is 0 Å². The molecule has 0 atom stereocenters. The largest absolute Gasteiger partial charge is 0.506 e. The monoisotopic (exact) mass is 348 g/mol. The number of benzene rings is 1. The third-order valence-electron chi connectivity index (χ3n) is 3.37. The second-order valence-electron chi connectivity index (χ2n) is 4.61. The quantitative estimate of drug-likeness (QED) is 0.861. The average Bonchev–Trinajstić information content (AvgIpc) is 2.63. The van der Waals surface area contributed by atoms with E-state index in [1.807, 2.05) is 0 Å². The zero-order valence-electron chi connectivity index (χ0n) is 10.8. The minimum Gasteiger partial charge on any atom is -0.506 e. The van der Waals surface area contributed by atoms with Crippen LogP contribution < -0.4 is 5.56 Å². The summed E-state index contributed by atoms with van der Waals surface area (Å²) in [6.45, 7) is 1.81. The summed E-state index contributed by atoms with van der Waals surface area (Å²) in [5, 5.41) is 10.4. The van der Waals surface area contributed by atoms with Crippen LogP contribution in [0.2, 0.25) is 15.2 Å². The maximum absolute atomic E-state index is 12.6. The van der Waals surface area contributed by atoms with Gasteiger partial charge in [0.05, 0.1) is 41.9 Å². The van der Waals surface area contributed by atoms with Crippen LogP contribution >= 0.6 is 34.8 Å². The van der Waals surface area contributed by atoms with Gasteiger partial charge in [-0.15, -0.1) is 0 Å². The summed E-state index contributed by atoms with van der Waals surface area (Å²) in [6.07, 6.45) is 0. The minimum absolute atomic E-state index is 0.120. The van der Waals surface area contributed by atoms with Gasteiger partial charge in [0.2, 0.25) is 0 Å². The molecule has 1 aromatic carbocycles. The highest BCUT2D eigenvalue weighted by atomic mass is 35.5. The standard InChI is InChI=1S/C13H11Cl3N2O3/c14-8-6-9(15)10(19)5-7(8)11-12(16)17-1-3-21-4-2-18(17)13(11)20/h5-6,19H,1-4H2. The molecule has 0 unspecified atom stereocenters. The molecule has 2 aromatic rings. The summed E-state index contributed by atoms with van der Waals surface area (Å²) in [4.78, 5) is 12.6. The molecule has 0 bridgehead atoms. The van der Waals surface area contributed by atoms with Crippen molar-refractivity contribution in [2.75, 3.05) is 13.2 Å². The van der Waals surface area contributed by atoms with E-state index in [4.69, 9.17) is 39.5 Å². The van der Waals surface area contributed by atoms with Gasteiger partial charge >= 0.3 is 0 Å². The van der Waals surface area contributed by atoms with E-state index >= 15 is 0 Å². The number of phenolic OH excluding ortho intramolecular Hbond substituents is 1. The fourth-order valence-corrected chi connectivity index (χ4v) is 3.20. The molecule has 5 nitrogen and oxygen atoms in total. The highest BCUT2D eigenvalue weighted by Crippen LogP contribution is 2.37. The van der Waals surface area contributed by atoms with Crippen molar-refractivity contribution in [3.05, 3.63) is 37.7 Å². The van der Waals surface area contributed by atoms with E-state index in [-0.39, 0.29) is 32.1 Å². The van der Waals surface area contributed by atoms with Crippen molar-refractivity contribution in [1.29, 1.82) is 0 Å². The highest BCUT2D eigenvalue weighted by Gasteiger charge is 2.23. The van der Waals surface area contributed by atoms with Gasteiger partial charge in [0.1, 0.15) is 10.9 Å². The molecule has 0 aliphatic carbocycles. The molecule has 1 aromatic heterocycles. The number of ether oxygens (including phenoxy) is 1. The zero-order chi connectivity index (χ0) is 15.1. The first-order valence-electron chi connectivity index (χ1n) is 6.26. The van der Waals surface area contributed by atoms with Gasteiger partial charge in [0, 0.05) is 5.56 Å². The number of halogens is 3. The Kier molecular flexibility index (Phi) is 3.92. The van der Waals surface area contributed by atoms with Crippen LogP contribution in [0.5, 0.6) is 5.75 Å². The summed E-state index contributed by atoms with van der Waals surface area (Å²) in [5.41, 5.74) is 0.354. The van der Waals surface area contributed by atoms with Crippen molar-refractivity contribution >= 4 is 34.8 Å². The lowest BCUT2D eigenvalue weighted by molar-refractivity contribution is 0.137. The fraction of sp³-hybridized carbons (Fsp3) is 0.308. The number of aromatic hydroxyl groups is 1. The Hall–Kier alpha value is -1.14. The number of nitrogens with zero attached hydrogens (tertiary/aromatic N) is 2. The topological polar surface area (TPSA) is 56.4 Å². The van der Waals surface area contributed by atoms with E-state index in [9.17, 15) is 9.90 Å². The molecular weight excluding hydrogens is 339 g/mol. The summed E-state index contributed by atoms with van der Waals surface area (Å²) < 4.78 is 8.51. The van der Waals surface area contributed by atoms with Gasteiger partial charge in [0.25, 0.3) is 5.56 Å². The number of hydrogen-bond donors (Lipinski definition) is 1. The van der Waals surface area contributed by atoms with Crippen molar-refractivity contribution in [3.8, 4) is 16.9 Å². The van der Waals surface area contributed by atoms with E-state index < -0.39 is 0 Å². The molecule has 0 saturated carbocycles. The fourth-order valence-electron chi connectivity index (χ4n) is 2.36. The number of rotatable bonds is 1. The summed E-state index contributed by atoms with van der Waals surface area (Å²) in [6, 6.07) is 2.74. The zero-order valence-corrected chi connectivity index (χ0v) is 13.0. The predicted molar refractivity (Wildman–Crippen MR) is 81.6 cm³/mol. The maximum atomic E-state index is 12.6. The number of hydrogen-bond acceptors (Lipinski definition) is 3. The number of fused-ring (bicyclic) bond motifs is 1. The van der Waals surface area contributed by atoms with Gasteiger partial charge in [-0.05, 0) is 12.1 Å². The van der Waals surface area contributed by atoms with Crippen LogP contribution in [0, 0.1) is 0 Å². The molecule has 0 fully saturated rings. The Labute approximate surface area is 135 Å². The van der Waals surface area contributed by atoms with Crippen LogP contribution in [0.4, 0.5) is 0 Å². The lowest BCUT2D eigenvalue weighted by atomic mass is 10.1. The number of aromatic nitrogens is 2. The summed E-state index contributed by atoms with van der Waals surface area (Å²) >= 11 is 18.3. The van der Waals surface area contributed by atoms with Crippen LogP contribution in [-0.2, 0) is 17.8 Å². The lowest BCUT2D eigenvalue weighted by Gasteiger charge is -2.06. The molecule has 0 spiro atoms. The maximum Gasteiger partial charge on any atom is 0.276 e. The Morgan fingerprint density at radius 3 is 2.43 bits per heavy atom. The van der Waals surface area contributed by atoms with Gasteiger partial charge in [-0.1, -0.05) is 34.8 Å². The Morgan fingerprint density at radius 1 is 1.05 bits per heavy atom. The molecule has 21 heavy (non-hydrogen) atoms. The first-order chi connectivity index (χ1) is 10.0. The van der Waals surface area contributed by atoms with E-state index in [2.05, 4.69) is 0 Å². The normalized spacial score (nSPS) is 14.8. The van der Waals surface area contributed by atoms with Crippen molar-refractivity contribution in [2.24, 2.45) is 0 Å². The average molecular weight is 350 g/mol. The highest BCUT2D eigenvalue weighted by molar-refractivity contribution is 6.38. The molecule has 2 heterocycles. The van der Waals surface area contributed by atoms with Crippen LogP contribution in [-0.4, -0.2) is 27.7 Å². The molecule has 8 heteroatoms. The number of phenols is 1. The molecule has 0 saturated heterocycles. The smallest absolute Gasteiger partial charge is 0.276 e. The summed E-state index contributed by atoms with van der Waals surface area (Å²) in [7, 11) is 0. The van der Waals surface area contributed by atoms with Gasteiger partial charge in [-0.25, -0.2) is 4.68 Å². The second kappa shape index (κ2) is 5.57. The Morgan fingerprint density at radius 2 is 1.71 bits per heavy atom. The van der Waals surface area contributed by atoms with E-state index in [0.717, 1.165) is 0 Å². The van der Waals surface area contributed by atoms with Gasteiger partial charge in [-0.2, -0.15) is 0 Å².